The van der Waals surface area contributed by atoms with Gasteiger partial charge in [0.05, 0.1) is 0 Å². The van der Waals surface area contributed by atoms with E-state index in [2.05, 4.69) is 11.6 Å². The third-order valence-electron chi connectivity index (χ3n) is 0.869. The zero-order valence-corrected chi connectivity index (χ0v) is 8.49. The van der Waals surface area contributed by atoms with Crippen LogP contribution in [0.2, 0.25) is 0 Å². The summed E-state index contributed by atoms with van der Waals surface area (Å²) in [5, 5.41) is 0. The van der Waals surface area contributed by atoms with E-state index in [1.54, 1.807) is 0 Å². The number of carbonyl (C=O) groups is 1. The topological polar surface area (TPSA) is 103 Å². The molecule has 0 amide bonds. The van der Waals surface area contributed by atoms with Gasteiger partial charge in [-0.1, -0.05) is 36.4 Å². The van der Waals surface area contributed by atoms with Gasteiger partial charge in [-0.15, -0.1) is 0 Å². The summed E-state index contributed by atoms with van der Waals surface area (Å²) < 4.78 is 24.6. The predicted octanol–water partition coefficient (Wildman–Crippen LogP) is 1.09. The van der Waals surface area contributed by atoms with Gasteiger partial charge in [0.1, 0.15) is 0 Å². The Morgan fingerprint density at radius 2 is 1.14 bits per heavy atom. The summed E-state index contributed by atoms with van der Waals surface area (Å²) in [5.74, 6) is 0. The molecule has 0 unspecified atom stereocenters. The molecule has 0 aliphatic heterocycles. The number of hydrogen-bond donors (Lipinski definition) is 1. The Morgan fingerprint density at radius 3 is 1.21 bits per heavy atom. The van der Waals surface area contributed by atoms with Crippen LogP contribution in [0.3, 0.4) is 0 Å². The van der Waals surface area contributed by atoms with Crippen molar-refractivity contribution in [2.24, 2.45) is 0 Å². The highest BCUT2D eigenvalue weighted by atomic mass is 35.5. The van der Waals surface area contributed by atoms with E-state index in [-0.39, 0.29) is 5.48 Å². The molecule has 0 aliphatic rings. The monoisotopic (exact) mass is 240 g/mol. The molecule has 1 aromatic rings. The highest BCUT2D eigenvalue weighted by Crippen LogP contribution is 1.90. The Hall–Kier alpha value is -0.950. The van der Waals surface area contributed by atoms with Gasteiger partial charge in [0.2, 0.25) is 0 Å². The fourth-order valence-corrected chi connectivity index (χ4v) is 0.385. The Balaban J connectivity index is 0. The van der Waals surface area contributed by atoms with E-state index < -0.39 is 14.7 Å². The molecule has 0 spiro atoms. The molecule has 0 radical (unpaired) electrons. The summed E-state index contributed by atoms with van der Waals surface area (Å²) in [5.41, 5.74) is 0. The van der Waals surface area contributed by atoms with Crippen LogP contribution in [0.15, 0.2) is 36.4 Å². The molecule has 0 heterocycles. The van der Waals surface area contributed by atoms with Crippen LogP contribution in [0.25, 0.3) is 0 Å². The first-order valence-corrected chi connectivity index (χ1v) is 4.93. The maximum atomic E-state index is 9.41. The Labute approximate surface area is 86.4 Å². The van der Waals surface area contributed by atoms with E-state index in [1.165, 1.54) is 0 Å². The van der Waals surface area contributed by atoms with Gasteiger partial charge in [0.15, 0.2) is 0 Å². The summed E-state index contributed by atoms with van der Waals surface area (Å²) in [7, 11) is -4.61. The van der Waals surface area contributed by atoms with E-state index in [1.807, 2.05) is 36.4 Å². The minimum absolute atomic E-state index is 0. The second-order valence-corrected chi connectivity index (χ2v) is 3.76. The fourth-order valence-electron chi connectivity index (χ4n) is 0.385. The van der Waals surface area contributed by atoms with Crippen molar-refractivity contribution in [3.05, 3.63) is 36.4 Å². The lowest BCUT2D eigenvalue weighted by molar-refractivity contribution is 0.271. The van der Waals surface area contributed by atoms with Gasteiger partial charge >= 0.3 is 14.7 Å². The molecule has 0 atom stereocenters. The number of hydrogen-bond acceptors (Lipinski definition) is 3. The molecule has 80 valence electrons. The lowest BCUT2D eigenvalue weighted by Gasteiger charge is -1.77. The van der Waals surface area contributed by atoms with Crippen molar-refractivity contribution in [1.29, 1.82) is 0 Å². The lowest BCUT2D eigenvalue weighted by Crippen LogP contribution is -2.02. The SMILES string of the molecule is O.O=C(Cl)S(=O)(=O)O.c1ccccc1. The highest BCUT2D eigenvalue weighted by Gasteiger charge is 2.12. The third kappa shape index (κ3) is 9.14. The minimum atomic E-state index is -4.61. The summed E-state index contributed by atoms with van der Waals surface area (Å²) in [4.78, 5) is 9.39. The Morgan fingerprint density at radius 1 is 1.00 bits per heavy atom. The first-order valence-electron chi connectivity index (χ1n) is 3.11. The molecular weight excluding hydrogens is 232 g/mol. The quantitative estimate of drug-likeness (QED) is 0.542. The molecular formula is C7H9ClO5S. The fraction of sp³-hybridized carbons (Fsp3) is 0. The van der Waals surface area contributed by atoms with Crippen LogP contribution in [0, 0.1) is 0 Å². The van der Waals surface area contributed by atoms with Crippen LogP contribution >= 0.6 is 11.6 Å². The van der Waals surface area contributed by atoms with Crippen LogP contribution in [0.5, 0.6) is 0 Å². The van der Waals surface area contributed by atoms with E-state index in [0.717, 1.165) is 0 Å². The van der Waals surface area contributed by atoms with Crippen molar-refractivity contribution in [3.63, 3.8) is 0 Å². The van der Waals surface area contributed by atoms with E-state index >= 15 is 0 Å². The van der Waals surface area contributed by atoms with Crippen molar-refractivity contribution in [2.45, 2.75) is 0 Å². The first-order chi connectivity index (χ1) is 5.94. The van der Waals surface area contributed by atoms with Gasteiger partial charge in [0, 0.05) is 0 Å². The van der Waals surface area contributed by atoms with Gasteiger partial charge in [0.25, 0.3) is 0 Å². The minimum Gasteiger partial charge on any atom is -0.412 e. The third-order valence-corrected chi connectivity index (χ3v) is 1.86. The van der Waals surface area contributed by atoms with Gasteiger partial charge < -0.3 is 5.48 Å². The molecule has 0 aromatic heterocycles. The molecule has 3 N–H and O–H groups in total. The van der Waals surface area contributed by atoms with Crippen LogP contribution in [0.1, 0.15) is 0 Å². The predicted molar refractivity (Wildman–Crippen MR) is 52.9 cm³/mol. The smallest absolute Gasteiger partial charge is 0.363 e. The average molecular weight is 241 g/mol. The summed E-state index contributed by atoms with van der Waals surface area (Å²) in [6.07, 6.45) is 0. The van der Waals surface area contributed by atoms with Crippen LogP contribution in [-0.2, 0) is 10.1 Å². The molecule has 14 heavy (non-hydrogen) atoms. The molecule has 1 aromatic carbocycles. The van der Waals surface area contributed by atoms with Crippen LogP contribution < -0.4 is 0 Å². The van der Waals surface area contributed by atoms with E-state index in [4.69, 9.17) is 4.55 Å². The average Bonchev–Trinajstić information content (AvgIpc) is 2.07. The summed E-state index contributed by atoms with van der Waals surface area (Å²) in [6, 6.07) is 12.0. The second-order valence-electron chi connectivity index (χ2n) is 1.87. The van der Waals surface area contributed by atoms with E-state index in [0.29, 0.717) is 0 Å². The lowest BCUT2D eigenvalue weighted by atomic mass is 10.4. The number of benzene rings is 1. The standard InChI is InChI=1S/C6H6.CHClO4S.H2O/c1-2-4-6-5-3-1;2-1(3)7(4,5)6;/h1-6H;(H,4,5,6);1H2. The van der Waals surface area contributed by atoms with Crippen molar-refractivity contribution in [2.75, 3.05) is 0 Å². The van der Waals surface area contributed by atoms with Crippen molar-refractivity contribution in [3.8, 4) is 0 Å². The number of rotatable bonds is 0. The first kappa shape index (κ1) is 15.5. The zero-order valence-electron chi connectivity index (χ0n) is 6.92. The van der Waals surface area contributed by atoms with Gasteiger partial charge in [-0.25, -0.2) is 0 Å². The van der Waals surface area contributed by atoms with Crippen LogP contribution in [-0.4, -0.2) is 23.0 Å². The summed E-state index contributed by atoms with van der Waals surface area (Å²) in [6.45, 7) is 0. The molecule has 0 fully saturated rings. The van der Waals surface area contributed by atoms with E-state index in [9.17, 15) is 13.2 Å². The highest BCUT2D eigenvalue weighted by molar-refractivity contribution is 8.04. The normalized spacial score (nSPS) is 9.00. The maximum absolute atomic E-state index is 9.41. The van der Waals surface area contributed by atoms with Gasteiger partial charge in [-0.05, 0) is 11.6 Å². The second kappa shape index (κ2) is 7.45. The van der Waals surface area contributed by atoms with Crippen molar-refractivity contribution >= 4 is 26.3 Å². The Kier molecular flexibility index (Phi) is 8.26. The molecule has 5 nitrogen and oxygen atoms in total. The molecule has 0 bridgehead atoms. The van der Waals surface area contributed by atoms with Gasteiger partial charge in [-0.2, -0.15) is 8.42 Å². The molecule has 0 saturated carbocycles. The summed E-state index contributed by atoms with van der Waals surface area (Å²) >= 11 is 4.28. The zero-order chi connectivity index (χ0) is 10.3. The van der Waals surface area contributed by atoms with Crippen LogP contribution in [0.4, 0.5) is 4.79 Å². The molecule has 1 rings (SSSR count). The number of halogens is 1. The van der Waals surface area contributed by atoms with Gasteiger partial charge in [-0.3, -0.25) is 9.35 Å². The van der Waals surface area contributed by atoms with Crippen molar-refractivity contribution < 1.29 is 23.2 Å². The largest absolute Gasteiger partial charge is 0.412 e. The molecule has 0 aliphatic carbocycles. The Bertz CT molecular complexity index is 321. The molecule has 0 saturated heterocycles. The van der Waals surface area contributed by atoms with Crippen molar-refractivity contribution in [1.82, 2.24) is 0 Å². The molecule has 7 heteroatoms. The number of carbonyl (C=O) groups excluding carboxylic acids is 1. The maximum Gasteiger partial charge on any atom is 0.363 e.